The van der Waals surface area contributed by atoms with Gasteiger partial charge in [0, 0.05) is 24.3 Å². The summed E-state index contributed by atoms with van der Waals surface area (Å²) in [6, 6.07) is 6.34. The molecule has 2 heterocycles. The number of hydrogen-bond donors (Lipinski definition) is 1. The monoisotopic (exact) mass is 392 g/mol. The van der Waals surface area contributed by atoms with Gasteiger partial charge >= 0.3 is 0 Å². The molecular weight excluding hydrogens is 368 g/mol. The van der Waals surface area contributed by atoms with E-state index >= 15 is 0 Å². The van der Waals surface area contributed by atoms with Crippen molar-refractivity contribution in [1.82, 2.24) is 4.31 Å². The van der Waals surface area contributed by atoms with Crippen LogP contribution in [0.4, 0.5) is 5.69 Å². The number of piperidine rings is 1. The number of aryl methyl sites for hydroxylation is 1. The van der Waals surface area contributed by atoms with E-state index in [0.717, 1.165) is 19.3 Å². The lowest BCUT2D eigenvalue weighted by atomic mass is 10.2. The fourth-order valence-electron chi connectivity index (χ4n) is 3.10. The highest BCUT2D eigenvalue weighted by Crippen LogP contribution is 2.31. The van der Waals surface area contributed by atoms with Crippen molar-refractivity contribution in [2.45, 2.75) is 38.0 Å². The lowest BCUT2D eigenvalue weighted by Crippen LogP contribution is -2.35. The van der Waals surface area contributed by atoms with Gasteiger partial charge < -0.3 is 14.5 Å². The third-order valence-corrected chi connectivity index (χ3v) is 6.42. The first-order valence-electron chi connectivity index (χ1n) is 9.06. The van der Waals surface area contributed by atoms with Gasteiger partial charge in [-0.25, -0.2) is 8.42 Å². The molecule has 0 spiro atoms. The van der Waals surface area contributed by atoms with Crippen LogP contribution < -0.4 is 10.1 Å². The molecule has 0 aliphatic carbocycles. The van der Waals surface area contributed by atoms with E-state index in [9.17, 15) is 13.2 Å². The smallest absolute Gasteiger partial charge is 0.291 e. The third kappa shape index (κ3) is 4.17. The zero-order valence-electron chi connectivity index (χ0n) is 15.5. The largest absolute Gasteiger partial charge is 0.492 e. The number of amides is 1. The maximum atomic E-state index is 13.1. The Kier molecular flexibility index (Phi) is 5.86. The molecule has 1 fully saturated rings. The number of benzene rings is 1. The van der Waals surface area contributed by atoms with Crippen molar-refractivity contribution in [3.63, 3.8) is 0 Å². The molecule has 1 saturated heterocycles. The highest BCUT2D eigenvalue weighted by molar-refractivity contribution is 7.89. The number of anilines is 1. The Morgan fingerprint density at radius 2 is 1.96 bits per heavy atom. The lowest BCUT2D eigenvalue weighted by molar-refractivity contribution is 0.0995. The van der Waals surface area contributed by atoms with Crippen molar-refractivity contribution < 1.29 is 22.4 Å². The highest BCUT2D eigenvalue weighted by Gasteiger charge is 2.29. The molecule has 7 nitrogen and oxygen atoms in total. The number of nitrogens with one attached hydrogen (secondary N) is 1. The first-order chi connectivity index (χ1) is 12.9. The summed E-state index contributed by atoms with van der Waals surface area (Å²) in [5.74, 6) is 0.0579. The molecule has 0 bridgehead atoms. The van der Waals surface area contributed by atoms with Gasteiger partial charge in [-0.1, -0.05) is 6.42 Å². The second-order valence-electron chi connectivity index (χ2n) is 6.45. The number of carbonyl (C=O) groups excluding carboxylic acids is 1. The van der Waals surface area contributed by atoms with Crippen LogP contribution in [-0.2, 0) is 10.0 Å². The van der Waals surface area contributed by atoms with Crippen LogP contribution in [0.2, 0.25) is 0 Å². The van der Waals surface area contributed by atoms with E-state index in [2.05, 4.69) is 5.32 Å². The average molecular weight is 392 g/mol. The molecule has 1 aromatic heterocycles. The minimum Gasteiger partial charge on any atom is -0.492 e. The van der Waals surface area contributed by atoms with Gasteiger partial charge in [0.15, 0.2) is 5.76 Å². The minimum atomic E-state index is -3.70. The highest BCUT2D eigenvalue weighted by atomic mass is 32.2. The molecule has 3 rings (SSSR count). The molecule has 146 valence electrons. The summed E-state index contributed by atoms with van der Waals surface area (Å²) in [7, 11) is -3.70. The van der Waals surface area contributed by atoms with Gasteiger partial charge in [-0.15, -0.1) is 0 Å². The predicted octanol–water partition coefficient (Wildman–Crippen LogP) is 3.41. The Hall–Kier alpha value is -2.32. The fourth-order valence-corrected chi connectivity index (χ4v) is 4.77. The quantitative estimate of drug-likeness (QED) is 0.814. The van der Waals surface area contributed by atoms with Crippen molar-refractivity contribution in [3.8, 4) is 5.75 Å². The van der Waals surface area contributed by atoms with Crippen LogP contribution in [0.25, 0.3) is 0 Å². The van der Waals surface area contributed by atoms with Crippen molar-refractivity contribution in [2.75, 3.05) is 25.0 Å². The number of ether oxygens (including phenoxy) is 1. The van der Waals surface area contributed by atoms with Crippen molar-refractivity contribution in [1.29, 1.82) is 0 Å². The molecule has 1 aliphatic heterocycles. The van der Waals surface area contributed by atoms with Gasteiger partial charge in [-0.3, -0.25) is 4.79 Å². The summed E-state index contributed by atoms with van der Waals surface area (Å²) in [4.78, 5) is 12.4. The summed E-state index contributed by atoms with van der Waals surface area (Å²) in [5, 5.41) is 2.70. The Morgan fingerprint density at radius 1 is 1.22 bits per heavy atom. The van der Waals surface area contributed by atoms with Gasteiger partial charge in [0.25, 0.3) is 5.91 Å². The first-order valence-corrected chi connectivity index (χ1v) is 10.5. The number of furan rings is 1. The third-order valence-electron chi connectivity index (χ3n) is 4.50. The van der Waals surface area contributed by atoms with Gasteiger partial charge in [0.05, 0.1) is 12.9 Å². The Morgan fingerprint density at radius 3 is 2.59 bits per heavy atom. The zero-order chi connectivity index (χ0) is 19.4. The molecule has 0 radical (unpaired) electrons. The Labute approximate surface area is 159 Å². The summed E-state index contributed by atoms with van der Waals surface area (Å²) < 4.78 is 38.4. The molecule has 1 aliphatic rings. The number of sulfonamides is 1. The molecule has 1 N–H and O–H groups in total. The molecule has 0 saturated carbocycles. The molecule has 1 amide bonds. The van der Waals surface area contributed by atoms with Crippen LogP contribution in [0, 0.1) is 6.92 Å². The predicted molar refractivity (Wildman–Crippen MR) is 102 cm³/mol. The van der Waals surface area contributed by atoms with E-state index in [1.54, 1.807) is 32.0 Å². The van der Waals surface area contributed by atoms with E-state index < -0.39 is 15.9 Å². The topological polar surface area (TPSA) is 88.8 Å². The van der Waals surface area contributed by atoms with Gasteiger partial charge in [-0.05, 0) is 51.0 Å². The molecule has 8 heteroatoms. The summed E-state index contributed by atoms with van der Waals surface area (Å²) in [6.07, 6.45) is 4.16. The van der Waals surface area contributed by atoms with Crippen LogP contribution >= 0.6 is 0 Å². The summed E-state index contributed by atoms with van der Waals surface area (Å²) in [6.45, 7) is 4.90. The maximum absolute atomic E-state index is 13.1. The van der Waals surface area contributed by atoms with E-state index in [1.165, 1.54) is 16.6 Å². The minimum absolute atomic E-state index is 0.0696. The fraction of sp³-hybridized carbons (Fsp3) is 0.421. The SMILES string of the molecule is CCOc1ccc(NC(=O)c2occc2C)cc1S(=O)(=O)N1CCCCC1. The van der Waals surface area contributed by atoms with E-state index in [-0.39, 0.29) is 16.4 Å². The van der Waals surface area contributed by atoms with Crippen LogP contribution in [0.5, 0.6) is 5.75 Å². The number of rotatable bonds is 6. The molecular formula is C19H24N2O5S. The number of nitrogens with zero attached hydrogens (tertiary/aromatic N) is 1. The van der Waals surface area contributed by atoms with Crippen molar-refractivity contribution >= 4 is 21.6 Å². The Balaban J connectivity index is 1.93. The second-order valence-corrected chi connectivity index (χ2v) is 8.35. The summed E-state index contributed by atoms with van der Waals surface area (Å²) >= 11 is 0. The number of hydrogen-bond acceptors (Lipinski definition) is 5. The lowest BCUT2D eigenvalue weighted by Gasteiger charge is -2.27. The maximum Gasteiger partial charge on any atom is 0.291 e. The number of carbonyl (C=O) groups is 1. The summed E-state index contributed by atoms with van der Waals surface area (Å²) in [5.41, 5.74) is 1.08. The van der Waals surface area contributed by atoms with Gasteiger partial charge in [0.2, 0.25) is 10.0 Å². The molecule has 2 aromatic rings. The van der Waals surface area contributed by atoms with E-state index in [1.807, 2.05) is 0 Å². The Bertz CT molecular complexity index is 914. The van der Waals surface area contributed by atoms with Gasteiger partial charge in [0.1, 0.15) is 10.6 Å². The van der Waals surface area contributed by atoms with Crippen LogP contribution in [0.3, 0.4) is 0 Å². The first kappa shape index (κ1) is 19.4. The van der Waals surface area contributed by atoms with Crippen molar-refractivity contribution in [2.24, 2.45) is 0 Å². The van der Waals surface area contributed by atoms with Crippen LogP contribution in [0.1, 0.15) is 42.3 Å². The molecule has 27 heavy (non-hydrogen) atoms. The average Bonchev–Trinajstić information content (AvgIpc) is 3.10. The zero-order valence-corrected chi connectivity index (χ0v) is 16.3. The molecule has 0 unspecified atom stereocenters. The normalized spacial score (nSPS) is 15.5. The molecule has 0 atom stereocenters. The second kappa shape index (κ2) is 8.14. The molecule has 1 aromatic carbocycles. The van der Waals surface area contributed by atoms with Crippen LogP contribution in [0.15, 0.2) is 39.8 Å². The van der Waals surface area contributed by atoms with Crippen molar-refractivity contribution in [3.05, 3.63) is 41.9 Å². The van der Waals surface area contributed by atoms with E-state index in [4.69, 9.17) is 9.15 Å². The van der Waals surface area contributed by atoms with Crippen LogP contribution in [-0.4, -0.2) is 38.3 Å². The van der Waals surface area contributed by atoms with E-state index in [0.29, 0.717) is 30.9 Å². The standard InChI is InChI=1S/C19H24N2O5S/c1-3-25-16-8-7-15(20-19(22)18-14(2)9-12-26-18)13-17(16)27(23,24)21-10-5-4-6-11-21/h7-9,12-13H,3-6,10-11H2,1-2H3,(H,20,22). The van der Waals surface area contributed by atoms with Gasteiger partial charge in [-0.2, -0.15) is 4.31 Å².